The molecule has 0 spiro atoms. The van der Waals surface area contributed by atoms with Crippen molar-refractivity contribution < 1.29 is 19.1 Å². The summed E-state index contributed by atoms with van der Waals surface area (Å²) in [4.78, 5) is 24.9. The number of amides is 2. The fourth-order valence-electron chi connectivity index (χ4n) is 3.21. The van der Waals surface area contributed by atoms with Gasteiger partial charge in [0.05, 0.1) is 11.6 Å². The van der Waals surface area contributed by atoms with Crippen molar-refractivity contribution >= 4 is 52.5 Å². The van der Waals surface area contributed by atoms with E-state index in [-0.39, 0.29) is 34.6 Å². The van der Waals surface area contributed by atoms with Crippen molar-refractivity contribution in [3.05, 3.63) is 87.4 Å². The minimum absolute atomic E-state index is 0.153. The third-order valence-electron chi connectivity index (χ3n) is 4.74. The van der Waals surface area contributed by atoms with Crippen LogP contribution in [0.5, 0.6) is 11.5 Å². The number of ether oxygens (including phenoxy) is 2. The summed E-state index contributed by atoms with van der Waals surface area (Å²) in [6.07, 6.45) is 1.38. The molecule has 0 radical (unpaired) electrons. The van der Waals surface area contributed by atoms with E-state index < -0.39 is 5.91 Å². The number of rotatable bonds is 9. The molecule has 0 aliphatic rings. The zero-order valence-corrected chi connectivity index (χ0v) is 21.1. The summed E-state index contributed by atoms with van der Waals surface area (Å²) in [7, 11) is 0. The third-order valence-corrected chi connectivity index (χ3v) is 5.26. The summed E-state index contributed by atoms with van der Waals surface area (Å²) in [5.41, 5.74) is 2.41. The number of aryl methyl sites for hydroxylation is 1. The average Bonchev–Trinajstić information content (AvgIpc) is 2.82. The van der Waals surface area contributed by atoms with Gasteiger partial charge in [0, 0.05) is 16.4 Å². The first-order valence-electron chi connectivity index (χ1n) is 10.9. The van der Waals surface area contributed by atoms with Crippen molar-refractivity contribution in [2.45, 2.75) is 13.8 Å². The van der Waals surface area contributed by atoms with Gasteiger partial charge in [-0.2, -0.15) is 5.26 Å². The van der Waals surface area contributed by atoms with E-state index in [1.54, 1.807) is 43.3 Å². The first-order valence-corrected chi connectivity index (χ1v) is 11.7. The van der Waals surface area contributed by atoms with E-state index in [1.807, 2.05) is 31.2 Å². The van der Waals surface area contributed by atoms with Gasteiger partial charge in [-0.25, -0.2) is 0 Å². The van der Waals surface area contributed by atoms with Crippen LogP contribution in [0.1, 0.15) is 18.1 Å². The Kier molecular flexibility index (Phi) is 9.34. The number of benzene rings is 3. The summed E-state index contributed by atoms with van der Waals surface area (Å²) >= 11 is 12.4. The van der Waals surface area contributed by atoms with Gasteiger partial charge in [0.15, 0.2) is 18.1 Å². The topological polar surface area (TPSA) is 100 Å². The van der Waals surface area contributed by atoms with Crippen LogP contribution in [0.4, 0.5) is 11.4 Å². The molecule has 7 nitrogen and oxygen atoms in total. The maximum absolute atomic E-state index is 12.6. The predicted molar refractivity (Wildman–Crippen MR) is 142 cm³/mol. The molecule has 184 valence electrons. The number of hydrogen-bond donors (Lipinski definition) is 2. The second-order valence-corrected chi connectivity index (χ2v) is 8.45. The maximum atomic E-state index is 12.6. The van der Waals surface area contributed by atoms with Crippen LogP contribution in [0.25, 0.3) is 6.08 Å². The Hall–Kier alpha value is -3.99. The smallest absolute Gasteiger partial charge is 0.266 e. The predicted octanol–water partition coefficient (Wildman–Crippen LogP) is 6.26. The SMILES string of the molecule is CCOc1cc(/C=C(\C#N)C(=O)Nc2cccc(Cl)c2)cc(Cl)c1OCC(=O)Nc1cccc(C)c1. The molecule has 0 fully saturated rings. The van der Waals surface area contributed by atoms with Crippen LogP contribution in [0.3, 0.4) is 0 Å². The lowest BCUT2D eigenvalue weighted by molar-refractivity contribution is -0.118. The molecule has 2 amide bonds. The zero-order valence-electron chi connectivity index (χ0n) is 19.6. The molecular weight excluding hydrogens is 501 g/mol. The van der Waals surface area contributed by atoms with Crippen LogP contribution in [-0.4, -0.2) is 25.0 Å². The summed E-state index contributed by atoms with van der Waals surface area (Å²) in [6.45, 7) is 3.71. The monoisotopic (exact) mass is 523 g/mol. The Morgan fingerprint density at radius 1 is 1.00 bits per heavy atom. The minimum atomic E-state index is -0.609. The molecule has 0 aliphatic carbocycles. The normalized spacial score (nSPS) is 10.8. The van der Waals surface area contributed by atoms with Crippen LogP contribution in [0, 0.1) is 18.3 Å². The molecule has 0 saturated carbocycles. The molecule has 9 heteroatoms. The summed E-state index contributed by atoms with van der Waals surface area (Å²) < 4.78 is 11.3. The molecule has 0 bridgehead atoms. The average molecular weight is 524 g/mol. The van der Waals surface area contributed by atoms with Crippen LogP contribution in [-0.2, 0) is 9.59 Å². The van der Waals surface area contributed by atoms with Crippen molar-refractivity contribution in [3.63, 3.8) is 0 Å². The van der Waals surface area contributed by atoms with Crippen molar-refractivity contribution in [2.24, 2.45) is 0 Å². The molecule has 0 saturated heterocycles. The van der Waals surface area contributed by atoms with E-state index in [2.05, 4.69) is 10.6 Å². The van der Waals surface area contributed by atoms with E-state index in [9.17, 15) is 14.9 Å². The number of nitrogens with one attached hydrogen (secondary N) is 2. The van der Waals surface area contributed by atoms with Gasteiger partial charge in [-0.3, -0.25) is 9.59 Å². The van der Waals surface area contributed by atoms with Gasteiger partial charge in [0.25, 0.3) is 11.8 Å². The van der Waals surface area contributed by atoms with Crippen molar-refractivity contribution in [2.75, 3.05) is 23.8 Å². The number of hydrogen-bond acceptors (Lipinski definition) is 5. The molecule has 3 aromatic rings. The number of carbonyl (C=O) groups is 2. The highest BCUT2D eigenvalue weighted by Gasteiger charge is 2.16. The fraction of sp³-hybridized carbons (Fsp3) is 0.148. The van der Waals surface area contributed by atoms with E-state index >= 15 is 0 Å². The quantitative estimate of drug-likeness (QED) is 0.254. The van der Waals surface area contributed by atoms with Crippen LogP contribution >= 0.6 is 23.2 Å². The molecule has 0 unspecified atom stereocenters. The molecular formula is C27H23Cl2N3O4. The Bertz CT molecular complexity index is 1350. The Morgan fingerprint density at radius 2 is 1.72 bits per heavy atom. The zero-order chi connectivity index (χ0) is 26.1. The lowest BCUT2D eigenvalue weighted by atomic mass is 10.1. The van der Waals surface area contributed by atoms with Crippen molar-refractivity contribution in [1.29, 1.82) is 5.26 Å². The summed E-state index contributed by atoms with van der Waals surface area (Å²) in [5.74, 6) is -0.529. The molecule has 0 heterocycles. The minimum Gasteiger partial charge on any atom is -0.490 e. The van der Waals surface area contributed by atoms with E-state index in [1.165, 1.54) is 12.1 Å². The molecule has 3 rings (SSSR count). The Morgan fingerprint density at radius 3 is 2.39 bits per heavy atom. The first kappa shape index (κ1) is 26.6. The maximum Gasteiger partial charge on any atom is 0.266 e. The van der Waals surface area contributed by atoms with Crippen LogP contribution in [0.2, 0.25) is 10.0 Å². The number of halogens is 2. The highest BCUT2D eigenvalue weighted by atomic mass is 35.5. The summed E-state index contributed by atoms with van der Waals surface area (Å²) in [5, 5.41) is 15.5. The molecule has 2 N–H and O–H groups in total. The first-order chi connectivity index (χ1) is 17.3. The van der Waals surface area contributed by atoms with Gasteiger partial charge >= 0.3 is 0 Å². The number of nitriles is 1. The molecule has 36 heavy (non-hydrogen) atoms. The van der Waals surface area contributed by atoms with Gasteiger partial charge in [-0.1, -0.05) is 41.4 Å². The molecule has 0 atom stereocenters. The number of anilines is 2. The highest BCUT2D eigenvalue weighted by Crippen LogP contribution is 2.37. The van der Waals surface area contributed by atoms with Crippen LogP contribution in [0.15, 0.2) is 66.2 Å². The second kappa shape index (κ2) is 12.6. The van der Waals surface area contributed by atoms with Gasteiger partial charge in [-0.05, 0) is 73.5 Å². The summed E-state index contributed by atoms with van der Waals surface area (Å²) in [6, 6.07) is 18.9. The molecule has 3 aromatic carbocycles. The van der Waals surface area contributed by atoms with E-state index in [4.69, 9.17) is 32.7 Å². The van der Waals surface area contributed by atoms with Gasteiger partial charge in [0.2, 0.25) is 0 Å². The lowest BCUT2D eigenvalue weighted by Crippen LogP contribution is -2.20. The second-order valence-electron chi connectivity index (χ2n) is 7.60. The third kappa shape index (κ3) is 7.51. The fourth-order valence-corrected chi connectivity index (χ4v) is 3.68. The lowest BCUT2D eigenvalue weighted by Gasteiger charge is -2.15. The van der Waals surface area contributed by atoms with E-state index in [0.29, 0.717) is 28.6 Å². The molecule has 0 aromatic heterocycles. The standard InChI is InChI=1S/C27H23Cl2N3O4/c1-3-35-24-13-18(11-19(15-30)27(34)32-22-9-5-7-20(28)14-22)12-23(29)26(24)36-16-25(33)31-21-8-4-6-17(2)10-21/h4-14H,3,16H2,1-2H3,(H,31,33)(H,32,34)/b19-11+. The van der Waals surface area contributed by atoms with E-state index in [0.717, 1.165) is 5.56 Å². The largest absolute Gasteiger partial charge is 0.490 e. The molecule has 0 aliphatic heterocycles. The van der Waals surface area contributed by atoms with Crippen LogP contribution < -0.4 is 20.1 Å². The van der Waals surface area contributed by atoms with Gasteiger partial charge in [0.1, 0.15) is 11.6 Å². The van der Waals surface area contributed by atoms with Crippen molar-refractivity contribution in [3.8, 4) is 17.6 Å². The van der Waals surface area contributed by atoms with Gasteiger partial charge < -0.3 is 20.1 Å². The van der Waals surface area contributed by atoms with Crippen molar-refractivity contribution in [1.82, 2.24) is 0 Å². The van der Waals surface area contributed by atoms with Gasteiger partial charge in [-0.15, -0.1) is 0 Å². The highest BCUT2D eigenvalue weighted by molar-refractivity contribution is 6.32. The Balaban J connectivity index is 1.77. The number of carbonyl (C=O) groups excluding carboxylic acids is 2. The Labute approximate surface area is 219 Å². The number of nitrogens with zero attached hydrogens (tertiary/aromatic N) is 1.